The fourth-order valence-electron chi connectivity index (χ4n) is 0.407. The van der Waals surface area contributed by atoms with Gasteiger partial charge >= 0.3 is 0 Å². The van der Waals surface area contributed by atoms with E-state index in [1.165, 1.54) is 6.92 Å². The van der Waals surface area contributed by atoms with Gasteiger partial charge in [0.2, 0.25) is 5.91 Å². The summed E-state index contributed by atoms with van der Waals surface area (Å²) in [6.07, 6.45) is 0. The summed E-state index contributed by atoms with van der Waals surface area (Å²) in [5.74, 6) is 1.70. The highest BCUT2D eigenvalue weighted by Gasteiger charge is 1.90. The molecule has 0 aromatic carbocycles. The van der Waals surface area contributed by atoms with E-state index in [-0.39, 0.29) is 19.4 Å². The van der Waals surface area contributed by atoms with Crippen molar-refractivity contribution in [3.8, 4) is 0 Å². The highest BCUT2D eigenvalue weighted by Crippen LogP contribution is 1.81. The first kappa shape index (κ1) is 24.6. The van der Waals surface area contributed by atoms with Gasteiger partial charge in [0.1, 0.15) is 0 Å². The highest BCUT2D eigenvalue weighted by molar-refractivity contribution is 5.73. The predicted molar refractivity (Wildman–Crippen MR) is 76.7 cm³/mol. The molecule has 0 spiro atoms. The van der Waals surface area contributed by atoms with Crippen LogP contribution in [-0.2, 0) is 4.79 Å². The molecule has 0 aliphatic rings. The number of hydrogen-bond donors (Lipinski definition) is 1. The van der Waals surface area contributed by atoms with Crippen LogP contribution >= 0.6 is 0 Å². The number of carbonyl (C=O) groups excluding carboxylic acids is 1. The SMILES string of the molecule is C.CC(=O)NC(C)C.CC(C)C.CC(C)C. The molecule has 1 amide bonds. The summed E-state index contributed by atoms with van der Waals surface area (Å²) in [5, 5.41) is 2.67. The fraction of sp³-hybridized carbons (Fsp3) is 0.929. The van der Waals surface area contributed by atoms with E-state index in [1.807, 2.05) is 13.8 Å². The lowest BCUT2D eigenvalue weighted by molar-refractivity contribution is -0.119. The van der Waals surface area contributed by atoms with Gasteiger partial charge in [-0.1, -0.05) is 49.0 Å². The predicted octanol–water partition coefficient (Wildman–Crippen LogP) is 4.49. The molecule has 0 bridgehead atoms. The van der Waals surface area contributed by atoms with Gasteiger partial charge in [-0.3, -0.25) is 4.79 Å². The number of rotatable bonds is 1. The second kappa shape index (κ2) is 16.9. The monoisotopic (exact) mass is 233 g/mol. The molecule has 0 heterocycles. The van der Waals surface area contributed by atoms with Crippen LogP contribution in [0, 0.1) is 11.8 Å². The van der Waals surface area contributed by atoms with Crippen molar-refractivity contribution in [2.75, 3.05) is 0 Å². The fourth-order valence-corrected chi connectivity index (χ4v) is 0.407. The van der Waals surface area contributed by atoms with Crippen LogP contribution in [0.2, 0.25) is 0 Å². The van der Waals surface area contributed by atoms with E-state index in [4.69, 9.17) is 0 Å². The van der Waals surface area contributed by atoms with E-state index in [2.05, 4.69) is 46.9 Å². The van der Waals surface area contributed by atoms with Crippen molar-refractivity contribution in [2.24, 2.45) is 11.8 Å². The molecule has 0 aliphatic heterocycles. The van der Waals surface area contributed by atoms with Crippen molar-refractivity contribution < 1.29 is 4.79 Å². The molecule has 0 aromatic rings. The van der Waals surface area contributed by atoms with Crippen molar-refractivity contribution in [1.82, 2.24) is 5.32 Å². The lowest BCUT2D eigenvalue weighted by Crippen LogP contribution is -2.27. The Hall–Kier alpha value is -0.530. The molecule has 0 fully saturated rings. The van der Waals surface area contributed by atoms with Crippen molar-refractivity contribution >= 4 is 5.91 Å². The Morgan fingerprint density at radius 3 is 1.00 bits per heavy atom. The Balaban J connectivity index is -0.0000000700. The standard InChI is InChI=1S/C5H11NO.2C4H10.CH4/c1-4(2)6-5(3)7;2*1-4(2)3;/h4H,1-3H3,(H,6,7);2*4H,1-3H3;1H4. The molecule has 0 aromatic heterocycles. The molecule has 0 rings (SSSR count). The molecule has 0 aliphatic carbocycles. The largest absolute Gasteiger partial charge is 0.354 e. The maximum atomic E-state index is 10.1. The van der Waals surface area contributed by atoms with Gasteiger partial charge in [-0.2, -0.15) is 0 Å². The minimum Gasteiger partial charge on any atom is -0.354 e. The Morgan fingerprint density at radius 1 is 0.812 bits per heavy atom. The molecule has 2 nitrogen and oxygen atoms in total. The third-order valence-corrected chi connectivity index (χ3v) is 0.492. The van der Waals surface area contributed by atoms with Gasteiger partial charge in [0.25, 0.3) is 0 Å². The van der Waals surface area contributed by atoms with Crippen LogP contribution in [-0.4, -0.2) is 11.9 Å². The van der Waals surface area contributed by atoms with Crippen molar-refractivity contribution in [3.63, 3.8) is 0 Å². The van der Waals surface area contributed by atoms with E-state index in [0.717, 1.165) is 11.8 Å². The second-order valence-electron chi connectivity index (χ2n) is 5.32. The minimum atomic E-state index is 0. The Kier molecular flexibility index (Phi) is 26.0. The molecular weight excluding hydrogens is 198 g/mol. The molecular formula is C14H35NO. The van der Waals surface area contributed by atoms with E-state index < -0.39 is 0 Å². The molecule has 0 unspecified atom stereocenters. The summed E-state index contributed by atoms with van der Waals surface area (Å²) < 4.78 is 0. The quantitative estimate of drug-likeness (QED) is 0.710. The Morgan fingerprint density at radius 2 is 1.00 bits per heavy atom. The number of hydrogen-bond acceptors (Lipinski definition) is 1. The molecule has 0 atom stereocenters. The van der Waals surface area contributed by atoms with Crippen molar-refractivity contribution in [2.45, 2.75) is 75.8 Å². The van der Waals surface area contributed by atoms with E-state index >= 15 is 0 Å². The number of carbonyl (C=O) groups is 1. The zero-order chi connectivity index (χ0) is 13.0. The molecule has 0 saturated heterocycles. The lowest BCUT2D eigenvalue weighted by atomic mass is 10.3. The van der Waals surface area contributed by atoms with Crippen LogP contribution in [0.5, 0.6) is 0 Å². The summed E-state index contributed by atoms with van der Waals surface area (Å²) in [6.45, 7) is 18.4. The lowest BCUT2D eigenvalue weighted by Gasteiger charge is -2.02. The average molecular weight is 233 g/mol. The van der Waals surface area contributed by atoms with E-state index in [0.29, 0.717) is 0 Å². The molecule has 102 valence electrons. The van der Waals surface area contributed by atoms with Crippen LogP contribution in [0.3, 0.4) is 0 Å². The average Bonchev–Trinajstić information content (AvgIpc) is 1.78. The van der Waals surface area contributed by atoms with Crippen LogP contribution in [0.25, 0.3) is 0 Å². The van der Waals surface area contributed by atoms with Crippen LogP contribution in [0.1, 0.15) is 69.7 Å². The normalized spacial score (nSPS) is 8.50. The summed E-state index contributed by atoms with van der Waals surface area (Å²) in [6, 6.07) is 0.275. The first-order valence-corrected chi connectivity index (χ1v) is 5.86. The number of amides is 1. The van der Waals surface area contributed by atoms with Gasteiger partial charge in [0.05, 0.1) is 0 Å². The highest BCUT2D eigenvalue weighted by atomic mass is 16.1. The van der Waals surface area contributed by atoms with E-state index in [9.17, 15) is 4.79 Å². The maximum Gasteiger partial charge on any atom is 0.217 e. The second-order valence-corrected chi connectivity index (χ2v) is 5.32. The molecule has 0 saturated carbocycles. The van der Waals surface area contributed by atoms with Crippen molar-refractivity contribution in [3.05, 3.63) is 0 Å². The van der Waals surface area contributed by atoms with Crippen LogP contribution < -0.4 is 5.32 Å². The van der Waals surface area contributed by atoms with Crippen molar-refractivity contribution in [1.29, 1.82) is 0 Å². The Labute approximate surface area is 104 Å². The van der Waals surface area contributed by atoms with Gasteiger partial charge in [-0.05, 0) is 25.7 Å². The zero-order valence-corrected chi connectivity index (χ0v) is 12.1. The Bertz CT molecular complexity index is 117. The topological polar surface area (TPSA) is 29.1 Å². The summed E-state index contributed by atoms with van der Waals surface area (Å²) >= 11 is 0. The summed E-state index contributed by atoms with van der Waals surface area (Å²) in [4.78, 5) is 10.1. The molecule has 2 heteroatoms. The minimum absolute atomic E-state index is 0. The van der Waals surface area contributed by atoms with Gasteiger partial charge < -0.3 is 5.32 Å². The van der Waals surface area contributed by atoms with Gasteiger partial charge in [0.15, 0.2) is 0 Å². The molecule has 1 N–H and O–H groups in total. The van der Waals surface area contributed by atoms with Crippen LogP contribution in [0.4, 0.5) is 0 Å². The van der Waals surface area contributed by atoms with Gasteiger partial charge in [-0.15, -0.1) is 0 Å². The summed E-state index contributed by atoms with van der Waals surface area (Å²) in [7, 11) is 0. The first-order chi connectivity index (χ1) is 6.59. The van der Waals surface area contributed by atoms with Gasteiger partial charge in [-0.25, -0.2) is 0 Å². The zero-order valence-electron chi connectivity index (χ0n) is 12.1. The molecule has 16 heavy (non-hydrogen) atoms. The van der Waals surface area contributed by atoms with Crippen LogP contribution in [0.15, 0.2) is 0 Å². The third-order valence-electron chi connectivity index (χ3n) is 0.492. The van der Waals surface area contributed by atoms with E-state index in [1.54, 1.807) is 0 Å². The summed E-state index contributed by atoms with van der Waals surface area (Å²) in [5.41, 5.74) is 0. The third kappa shape index (κ3) is 174. The first-order valence-electron chi connectivity index (χ1n) is 5.86. The molecule has 0 radical (unpaired) electrons. The van der Waals surface area contributed by atoms with Gasteiger partial charge in [0, 0.05) is 13.0 Å². The number of nitrogens with one attached hydrogen (secondary N) is 1. The maximum absolute atomic E-state index is 10.1. The smallest absolute Gasteiger partial charge is 0.217 e.